The molecule has 0 aliphatic carbocycles. The SMILES string of the molecule is COc1cc(C(=O)N2CCN(Cc3nc(-c4ccccc4C)no3)CC2)cc(OC)c1C. The quantitative estimate of drug-likeness (QED) is 0.586. The van der Waals surface area contributed by atoms with Gasteiger partial charge < -0.3 is 18.9 Å². The fourth-order valence-electron chi connectivity index (χ4n) is 3.94. The highest BCUT2D eigenvalue weighted by Crippen LogP contribution is 2.30. The van der Waals surface area contributed by atoms with Crippen LogP contribution in [0.4, 0.5) is 0 Å². The zero-order valence-corrected chi connectivity index (χ0v) is 18.9. The van der Waals surface area contributed by atoms with Gasteiger partial charge in [-0.1, -0.05) is 29.4 Å². The van der Waals surface area contributed by atoms with Gasteiger partial charge in [0.2, 0.25) is 11.7 Å². The van der Waals surface area contributed by atoms with Crippen molar-refractivity contribution in [3.05, 3.63) is 59.0 Å². The van der Waals surface area contributed by atoms with E-state index in [1.807, 2.05) is 43.0 Å². The van der Waals surface area contributed by atoms with Gasteiger partial charge in [-0.05, 0) is 31.5 Å². The van der Waals surface area contributed by atoms with Gasteiger partial charge in [0.1, 0.15) is 11.5 Å². The monoisotopic (exact) mass is 436 g/mol. The largest absolute Gasteiger partial charge is 0.496 e. The maximum absolute atomic E-state index is 13.1. The lowest BCUT2D eigenvalue weighted by molar-refractivity contribution is 0.0614. The molecule has 0 atom stereocenters. The van der Waals surface area contributed by atoms with Crippen LogP contribution in [0.15, 0.2) is 40.9 Å². The first-order chi connectivity index (χ1) is 15.5. The number of aromatic nitrogens is 2. The molecule has 0 bridgehead atoms. The molecule has 2 aromatic carbocycles. The molecule has 1 aliphatic rings. The summed E-state index contributed by atoms with van der Waals surface area (Å²) < 4.78 is 16.3. The van der Waals surface area contributed by atoms with E-state index in [1.165, 1.54) is 0 Å². The summed E-state index contributed by atoms with van der Waals surface area (Å²) >= 11 is 0. The standard InChI is InChI=1S/C24H28N4O4/c1-16-7-5-6-8-19(16)23-25-22(32-26-23)15-27-9-11-28(12-10-27)24(29)18-13-20(30-3)17(2)21(14-18)31-4/h5-8,13-14H,9-12,15H2,1-4H3. The number of piperazine rings is 1. The number of nitrogens with zero attached hydrogens (tertiary/aromatic N) is 4. The number of methoxy groups -OCH3 is 2. The summed E-state index contributed by atoms with van der Waals surface area (Å²) in [6, 6.07) is 11.5. The third kappa shape index (κ3) is 4.45. The Morgan fingerprint density at radius 2 is 1.69 bits per heavy atom. The van der Waals surface area contributed by atoms with E-state index in [2.05, 4.69) is 15.0 Å². The summed E-state index contributed by atoms with van der Waals surface area (Å²) in [5.74, 6) is 2.45. The van der Waals surface area contributed by atoms with Gasteiger partial charge in [0.15, 0.2) is 0 Å². The number of ether oxygens (including phenoxy) is 2. The molecule has 0 spiro atoms. The minimum Gasteiger partial charge on any atom is -0.496 e. The molecule has 8 heteroatoms. The van der Waals surface area contributed by atoms with Gasteiger partial charge in [-0.3, -0.25) is 9.69 Å². The van der Waals surface area contributed by atoms with Crippen molar-refractivity contribution in [2.24, 2.45) is 0 Å². The second-order valence-corrected chi connectivity index (χ2v) is 7.90. The second-order valence-electron chi connectivity index (χ2n) is 7.90. The summed E-state index contributed by atoms with van der Waals surface area (Å²) in [7, 11) is 3.19. The van der Waals surface area contributed by atoms with Crippen LogP contribution in [-0.4, -0.2) is 66.2 Å². The Balaban J connectivity index is 1.38. The lowest BCUT2D eigenvalue weighted by Gasteiger charge is -2.34. The topological polar surface area (TPSA) is 80.9 Å². The summed E-state index contributed by atoms with van der Waals surface area (Å²) in [4.78, 5) is 21.7. The number of benzene rings is 2. The van der Waals surface area contributed by atoms with Crippen molar-refractivity contribution in [1.82, 2.24) is 19.9 Å². The van der Waals surface area contributed by atoms with Gasteiger partial charge in [0.25, 0.3) is 5.91 Å². The number of hydrogen-bond donors (Lipinski definition) is 0. The zero-order chi connectivity index (χ0) is 22.7. The predicted octanol–water partition coefficient (Wildman–Crippen LogP) is 3.33. The second kappa shape index (κ2) is 9.40. The fourth-order valence-corrected chi connectivity index (χ4v) is 3.94. The van der Waals surface area contributed by atoms with E-state index in [-0.39, 0.29) is 5.91 Å². The third-order valence-corrected chi connectivity index (χ3v) is 5.87. The maximum atomic E-state index is 13.1. The smallest absolute Gasteiger partial charge is 0.254 e. The maximum Gasteiger partial charge on any atom is 0.254 e. The van der Waals surface area contributed by atoms with Gasteiger partial charge in [-0.2, -0.15) is 4.98 Å². The van der Waals surface area contributed by atoms with E-state index in [0.29, 0.717) is 48.4 Å². The Hall–Kier alpha value is -3.39. The molecule has 4 rings (SSSR count). The van der Waals surface area contributed by atoms with Crippen molar-refractivity contribution in [1.29, 1.82) is 0 Å². The number of rotatable bonds is 6. The summed E-state index contributed by atoms with van der Waals surface area (Å²) in [6.07, 6.45) is 0. The lowest BCUT2D eigenvalue weighted by Crippen LogP contribution is -2.48. The lowest BCUT2D eigenvalue weighted by atomic mass is 10.1. The first-order valence-electron chi connectivity index (χ1n) is 10.6. The predicted molar refractivity (Wildman–Crippen MR) is 120 cm³/mol. The molecule has 0 unspecified atom stereocenters. The van der Waals surface area contributed by atoms with Crippen LogP contribution in [0.1, 0.15) is 27.4 Å². The molecule has 1 amide bonds. The van der Waals surface area contributed by atoms with E-state index in [0.717, 1.165) is 29.8 Å². The first-order valence-corrected chi connectivity index (χ1v) is 10.6. The summed E-state index contributed by atoms with van der Waals surface area (Å²) in [6.45, 7) is 7.20. The van der Waals surface area contributed by atoms with Crippen molar-refractivity contribution in [3.8, 4) is 22.9 Å². The van der Waals surface area contributed by atoms with Crippen LogP contribution in [0.5, 0.6) is 11.5 Å². The van der Waals surface area contributed by atoms with Gasteiger partial charge in [0.05, 0.1) is 20.8 Å². The van der Waals surface area contributed by atoms with Gasteiger partial charge in [-0.15, -0.1) is 0 Å². The molecular weight excluding hydrogens is 408 g/mol. The van der Waals surface area contributed by atoms with Crippen LogP contribution in [-0.2, 0) is 6.54 Å². The van der Waals surface area contributed by atoms with E-state index >= 15 is 0 Å². The minimum absolute atomic E-state index is 0.0270. The number of carbonyl (C=O) groups is 1. The van der Waals surface area contributed by atoms with Crippen LogP contribution >= 0.6 is 0 Å². The van der Waals surface area contributed by atoms with Crippen LogP contribution in [0.25, 0.3) is 11.4 Å². The van der Waals surface area contributed by atoms with Gasteiger partial charge in [-0.25, -0.2) is 0 Å². The third-order valence-electron chi connectivity index (χ3n) is 5.87. The first kappa shape index (κ1) is 21.8. The average Bonchev–Trinajstić information content (AvgIpc) is 3.27. The molecule has 0 N–H and O–H groups in total. The summed E-state index contributed by atoms with van der Waals surface area (Å²) in [5.41, 5.74) is 3.52. The van der Waals surface area contributed by atoms with Crippen LogP contribution < -0.4 is 9.47 Å². The fraction of sp³-hybridized carbons (Fsp3) is 0.375. The number of hydrogen-bond acceptors (Lipinski definition) is 7. The van der Waals surface area contributed by atoms with Crippen LogP contribution in [0.3, 0.4) is 0 Å². The Kier molecular flexibility index (Phi) is 6.41. The normalized spacial score (nSPS) is 14.4. The molecule has 0 saturated carbocycles. The van der Waals surface area contributed by atoms with Crippen molar-refractivity contribution in [3.63, 3.8) is 0 Å². The highest BCUT2D eigenvalue weighted by Gasteiger charge is 2.25. The molecule has 1 aromatic heterocycles. The Morgan fingerprint density at radius 3 is 2.31 bits per heavy atom. The molecule has 168 valence electrons. The molecule has 8 nitrogen and oxygen atoms in total. The van der Waals surface area contributed by atoms with Crippen molar-refractivity contribution < 1.29 is 18.8 Å². The Morgan fingerprint density at radius 1 is 1.03 bits per heavy atom. The van der Waals surface area contributed by atoms with E-state index in [1.54, 1.807) is 26.4 Å². The van der Waals surface area contributed by atoms with E-state index in [9.17, 15) is 4.79 Å². The van der Waals surface area contributed by atoms with Crippen molar-refractivity contribution in [2.75, 3.05) is 40.4 Å². The molecule has 32 heavy (non-hydrogen) atoms. The molecule has 1 aliphatic heterocycles. The average molecular weight is 437 g/mol. The highest BCUT2D eigenvalue weighted by molar-refractivity contribution is 5.95. The molecule has 2 heterocycles. The molecule has 3 aromatic rings. The molecule has 0 radical (unpaired) electrons. The number of carbonyl (C=O) groups excluding carboxylic acids is 1. The van der Waals surface area contributed by atoms with Crippen molar-refractivity contribution >= 4 is 5.91 Å². The van der Waals surface area contributed by atoms with Crippen LogP contribution in [0, 0.1) is 13.8 Å². The number of aryl methyl sites for hydroxylation is 1. The zero-order valence-electron chi connectivity index (χ0n) is 18.9. The Labute approximate surface area is 187 Å². The van der Waals surface area contributed by atoms with Crippen molar-refractivity contribution in [2.45, 2.75) is 20.4 Å². The van der Waals surface area contributed by atoms with Crippen LogP contribution in [0.2, 0.25) is 0 Å². The minimum atomic E-state index is -0.0270. The molecule has 1 fully saturated rings. The van der Waals surface area contributed by atoms with E-state index < -0.39 is 0 Å². The highest BCUT2D eigenvalue weighted by atomic mass is 16.5. The van der Waals surface area contributed by atoms with E-state index in [4.69, 9.17) is 14.0 Å². The number of amides is 1. The van der Waals surface area contributed by atoms with Gasteiger partial charge >= 0.3 is 0 Å². The Bertz CT molecular complexity index is 1080. The summed E-state index contributed by atoms with van der Waals surface area (Å²) in [5, 5.41) is 4.13. The van der Waals surface area contributed by atoms with Gasteiger partial charge in [0, 0.05) is 42.9 Å². The molecule has 1 saturated heterocycles. The molecular formula is C24H28N4O4.